The Morgan fingerprint density at radius 2 is 2.13 bits per heavy atom. The Labute approximate surface area is 174 Å². The maximum Gasteiger partial charge on any atom is 0.417 e. The maximum absolute atomic E-state index is 13.8. The van der Waals surface area contributed by atoms with E-state index in [9.17, 15) is 22.4 Å². The lowest BCUT2D eigenvalue weighted by Gasteiger charge is -2.32. The number of aromatic nitrogens is 1. The number of hydrogen-bond acceptors (Lipinski definition) is 4. The van der Waals surface area contributed by atoms with Gasteiger partial charge < -0.3 is 14.4 Å². The van der Waals surface area contributed by atoms with Gasteiger partial charge in [-0.2, -0.15) is 13.2 Å². The number of morpholine rings is 1. The highest BCUT2D eigenvalue weighted by Crippen LogP contribution is 2.29. The highest BCUT2D eigenvalue weighted by molar-refractivity contribution is 6.32. The van der Waals surface area contributed by atoms with Gasteiger partial charge in [0, 0.05) is 30.4 Å². The molecule has 0 radical (unpaired) electrons. The summed E-state index contributed by atoms with van der Waals surface area (Å²) in [6.45, 7) is 0.803. The molecule has 1 unspecified atom stereocenters. The molecule has 1 atom stereocenters. The molecule has 3 rings (SSSR count). The number of halogens is 5. The minimum absolute atomic E-state index is 0.00496. The molecule has 10 heteroatoms. The van der Waals surface area contributed by atoms with E-state index in [2.05, 4.69) is 4.98 Å². The zero-order chi connectivity index (χ0) is 21.7. The molecule has 2 aromatic rings. The van der Waals surface area contributed by atoms with Crippen molar-refractivity contribution in [1.29, 1.82) is 0 Å². The second-order valence-corrected chi connectivity index (χ2v) is 6.85. The van der Waals surface area contributed by atoms with E-state index in [0.29, 0.717) is 12.7 Å². The molecule has 1 aliphatic rings. The molecule has 1 amide bonds. The van der Waals surface area contributed by atoms with Gasteiger partial charge in [0.05, 0.1) is 23.7 Å². The first-order chi connectivity index (χ1) is 14.2. The molecule has 0 saturated carbocycles. The van der Waals surface area contributed by atoms with E-state index in [1.54, 1.807) is 0 Å². The van der Waals surface area contributed by atoms with Crippen LogP contribution >= 0.6 is 11.6 Å². The van der Waals surface area contributed by atoms with Gasteiger partial charge in [-0.05, 0) is 24.3 Å². The fraction of sp³-hybridized carbons (Fsp3) is 0.300. The third-order valence-electron chi connectivity index (χ3n) is 4.32. The normalized spacial score (nSPS) is 17.4. The molecule has 1 aliphatic heterocycles. The second-order valence-electron chi connectivity index (χ2n) is 6.44. The summed E-state index contributed by atoms with van der Waals surface area (Å²) in [4.78, 5) is 17.5. The third-order valence-corrected chi connectivity index (χ3v) is 4.65. The number of carbonyl (C=O) groups excluding carboxylic acids is 1. The highest BCUT2D eigenvalue weighted by Gasteiger charge is 2.31. The van der Waals surface area contributed by atoms with Crippen LogP contribution in [0.2, 0.25) is 5.02 Å². The van der Waals surface area contributed by atoms with Gasteiger partial charge in [0.25, 0.3) is 0 Å². The summed E-state index contributed by atoms with van der Waals surface area (Å²) < 4.78 is 62.4. The summed E-state index contributed by atoms with van der Waals surface area (Å²) >= 11 is 5.94. The van der Waals surface area contributed by atoms with Crippen molar-refractivity contribution in [2.24, 2.45) is 0 Å². The number of rotatable bonds is 5. The Balaban J connectivity index is 1.55. The van der Waals surface area contributed by atoms with Crippen LogP contribution in [-0.2, 0) is 15.7 Å². The number of nitrogens with zero attached hydrogens (tertiary/aromatic N) is 2. The number of ether oxygens (including phenoxy) is 2. The standard InChI is InChI=1S/C20H17ClF4N2O3/c21-16-2-1-3-17(22)15(16)5-7-19(28)27-8-9-29-14(11-27)12-30-18-6-4-13(10-26-18)20(23,24)25/h1-7,10,14H,8-9,11-12H2. The number of amides is 1. The molecule has 0 aliphatic carbocycles. The molecule has 0 N–H and O–H groups in total. The van der Waals surface area contributed by atoms with Gasteiger partial charge in [-0.15, -0.1) is 0 Å². The van der Waals surface area contributed by atoms with Crippen LogP contribution in [0.1, 0.15) is 11.1 Å². The minimum atomic E-state index is -4.47. The molecular weight excluding hydrogens is 428 g/mol. The van der Waals surface area contributed by atoms with Crippen molar-refractivity contribution < 1.29 is 31.8 Å². The maximum atomic E-state index is 13.8. The summed E-state index contributed by atoms with van der Waals surface area (Å²) in [5.41, 5.74) is -0.753. The van der Waals surface area contributed by atoms with Crippen LogP contribution in [0.3, 0.4) is 0 Å². The van der Waals surface area contributed by atoms with E-state index < -0.39 is 23.7 Å². The first-order valence-corrected chi connectivity index (χ1v) is 9.30. The smallest absolute Gasteiger partial charge is 0.417 e. The Hall–Kier alpha value is -2.65. The lowest BCUT2D eigenvalue weighted by molar-refractivity contribution is -0.137. The summed E-state index contributed by atoms with van der Waals surface area (Å²) in [7, 11) is 0. The van der Waals surface area contributed by atoms with Crippen molar-refractivity contribution in [2.45, 2.75) is 12.3 Å². The Kier molecular flexibility index (Phi) is 6.94. The molecule has 1 saturated heterocycles. The largest absolute Gasteiger partial charge is 0.475 e. The predicted octanol–water partition coefficient (Wildman–Crippen LogP) is 4.21. The average molecular weight is 445 g/mol. The molecule has 5 nitrogen and oxygen atoms in total. The van der Waals surface area contributed by atoms with Gasteiger partial charge in [0.15, 0.2) is 0 Å². The van der Waals surface area contributed by atoms with Gasteiger partial charge in [-0.3, -0.25) is 4.79 Å². The SMILES string of the molecule is O=C(C=Cc1c(F)cccc1Cl)N1CCOC(COc2ccc(C(F)(F)F)cn2)C1. The zero-order valence-corrected chi connectivity index (χ0v) is 16.3. The molecule has 1 fully saturated rings. The number of hydrogen-bond donors (Lipinski definition) is 0. The van der Waals surface area contributed by atoms with Crippen molar-refractivity contribution in [1.82, 2.24) is 9.88 Å². The first-order valence-electron chi connectivity index (χ1n) is 8.92. The van der Waals surface area contributed by atoms with Crippen molar-refractivity contribution in [3.63, 3.8) is 0 Å². The topological polar surface area (TPSA) is 51.7 Å². The highest BCUT2D eigenvalue weighted by atomic mass is 35.5. The van der Waals surface area contributed by atoms with Crippen LogP contribution < -0.4 is 4.74 Å². The van der Waals surface area contributed by atoms with E-state index in [1.807, 2.05) is 0 Å². The number of benzene rings is 1. The van der Waals surface area contributed by atoms with Crippen molar-refractivity contribution in [2.75, 3.05) is 26.3 Å². The van der Waals surface area contributed by atoms with Gasteiger partial charge >= 0.3 is 6.18 Å². The second kappa shape index (κ2) is 9.44. The van der Waals surface area contributed by atoms with E-state index in [1.165, 1.54) is 35.3 Å². The number of pyridine rings is 1. The van der Waals surface area contributed by atoms with Gasteiger partial charge in [-0.1, -0.05) is 17.7 Å². The van der Waals surface area contributed by atoms with Gasteiger partial charge in [-0.25, -0.2) is 9.37 Å². The molecule has 1 aromatic carbocycles. The first kappa shape index (κ1) is 22.0. The van der Waals surface area contributed by atoms with Crippen molar-refractivity contribution in [3.8, 4) is 5.88 Å². The Morgan fingerprint density at radius 1 is 1.33 bits per heavy atom. The fourth-order valence-electron chi connectivity index (χ4n) is 2.76. The molecule has 0 bridgehead atoms. The minimum Gasteiger partial charge on any atom is -0.475 e. The quantitative estimate of drug-likeness (QED) is 0.512. The number of alkyl halides is 3. The molecule has 1 aromatic heterocycles. The number of carbonyl (C=O) groups is 1. The van der Waals surface area contributed by atoms with Crippen molar-refractivity contribution in [3.05, 3.63) is 64.6 Å². The van der Waals surface area contributed by atoms with E-state index in [0.717, 1.165) is 12.1 Å². The summed E-state index contributed by atoms with van der Waals surface area (Å²) in [6.07, 6.45) is -1.74. The van der Waals surface area contributed by atoms with Crippen LogP contribution in [0.4, 0.5) is 17.6 Å². The van der Waals surface area contributed by atoms with Gasteiger partial charge in [0.1, 0.15) is 18.5 Å². The van der Waals surface area contributed by atoms with E-state index >= 15 is 0 Å². The predicted molar refractivity (Wildman–Crippen MR) is 101 cm³/mol. The molecule has 160 valence electrons. The molecule has 0 spiro atoms. The average Bonchev–Trinajstić information content (AvgIpc) is 2.71. The molecule has 2 heterocycles. The zero-order valence-electron chi connectivity index (χ0n) is 15.5. The van der Waals surface area contributed by atoms with Crippen LogP contribution in [0.5, 0.6) is 5.88 Å². The van der Waals surface area contributed by atoms with Crippen LogP contribution in [-0.4, -0.2) is 48.2 Å². The fourth-order valence-corrected chi connectivity index (χ4v) is 2.99. The Morgan fingerprint density at radius 3 is 2.80 bits per heavy atom. The third kappa shape index (κ3) is 5.70. The van der Waals surface area contributed by atoms with Crippen LogP contribution in [0, 0.1) is 5.82 Å². The molecular formula is C20H17ClF4N2O3. The monoisotopic (exact) mass is 444 g/mol. The lowest BCUT2D eigenvalue weighted by atomic mass is 10.2. The summed E-state index contributed by atoms with van der Waals surface area (Å²) in [5, 5.41) is 0.191. The van der Waals surface area contributed by atoms with E-state index in [-0.39, 0.29) is 42.1 Å². The van der Waals surface area contributed by atoms with E-state index in [4.69, 9.17) is 21.1 Å². The summed E-state index contributed by atoms with van der Waals surface area (Å²) in [5.74, 6) is -0.872. The van der Waals surface area contributed by atoms with Crippen LogP contribution in [0.25, 0.3) is 6.08 Å². The summed E-state index contributed by atoms with van der Waals surface area (Å²) in [6, 6.07) is 6.22. The van der Waals surface area contributed by atoms with Gasteiger partial charge in [0.2, 0.25) is 11.8 Å². The lowest BCUT2D eigenvalue weighted by Crippen LogP contribution is -2.47. The Bertz CT molecular complexity index is 899. The molecule has 30 heavy (non-hydrogen) atoms. The van der Waals surface area contributed by atoms with Crippen LogP contribution in [0.15, 0.2) is 42.6 Å². The van der Waals surface area contributed by atoms with Crippen molar-refractivity contribution >= 4 is 23.6 Å².